The Morgan fingerprint density at radius 1 is 1.19 bits per heavy atom. The summed E-state index contributed by atoms with van der Waals surface area (Å²) in [4.78, 5) is 37.0. The molecule has 0 radical (unpaired) electrons. The molecule has 16 heavy (non-hydrogen) atoms. The van der Waals surface area contributed by atoms with Crippen LogP contribution in [0.3, 0.4) is 0 Å². The van der Waals surface area contributed by atoms with Gasteiger partial charge in [0.1, 0.15) is 6.04 Å². The summed E-state index contributed by atoms with van der Waals surface area (Å²) in [6.45, 7) is 1.05. The van der Waals surface area contributed by atoms with Crippen LogP contribution in [0, 0.1) is 5.92 Å². The molecule has 1 rings (SSSR count). The fourth-order valence-corrected chi connectivity index (χ4v) is 1.65. The van der Waals surface area contributed by atoms with Crippen molar-refractivity contribution in [2.75, 3.05) is 6.54 Å². The van der Waals surface area contributed by atoms with E-state index in [9.17, 15) is 14.4 Å². The van der Waals surface area contributed by atoms with E-state index in [-0.39, 0.29) is 19.4 Å². The maximum absolute atomic E-state index is 10.8. The molecule has 0 spiro atoms. The molecule has 2 atom stereocenters. The van der Waals surface area contributed by atoms with Gasteiger partial charge in [0.15, 0.2) is 0 Å². The minimum Gasteiger partial charge on any atom is -0.481 e. The average Bonchev–Trinajstić information content (AvgIpc) is 2.15. The first-order chi connectivity index (χ1) is 7.41. The molecule has 7 nitrogen and oxygen atoms in total. The third-order valence-electron chi connectivity index (χ3n) is 2.42. The zero-order valence-electron chi connectivity index (χ0n) is 8.75. The van der Waals surface area contributed by atoms with Crippen molar-refractivity contribution in [1.82, 2.24) is 5.06 Å². The van der Waals surface area contributed by atoms with E-state index >= 15 is 0 Å². The van der Waals surface area contributed by atoms with Gasteiger partial charge in [-0.3, -0.25) is 14.4 Å². The summed E-state index contributed by atoms with van der Waals surface area (Å²) >= 11 is 0. The molecule has 1 heterocycles. The Morgan fingerprint density at radius 3 is 2.25 bits per heavy atom. The van der Waals surface area contributed by atoms with Crippen molar-refractivity contribution in [2.24, 2.45) is 5.92 Å². The number of carboxylic acid groups (broad SMARTS) is 2. The Labute approximate surface area is 91.6 Å². The predicted molar refractivity (Wildman–Crippen MR) is 50.3 cm³/mol. The summed E-state index contributed by atoms with van der Waals surface area (Å²) in [6, 6.07) is -0.959. The van der Waals surface area contributed by atoms with Gasteiger partial charge < -0.3 is 15.1 Å². The molecule has 0 aliphatic carbocycles. The van der Waals surface area contributed by atoms with E-state index < -0.39 is 29.9 Å². The van der Waals surface area contributed by atoms with Crippen LogP contribution in [-0.2, 0) is 19.2 Å². The van der Waals surface area contributed by atoms with Gasteiger partial charge in [0, 0.05) is 13.5 Å². The summed E-state index contributed by atoms with van der Waals surface area (Å²) < 4.78 is 0. The van der Waals surface area contributed by atoms with Gasteiger partial charge in [0.25, 0.3) is 0 Å². The normalized spacial score (nSPS) is 26.1. The van der Waals surface area contributed by atoms with Gasteiger partial charge in [-0.15, -0.1) is 5.06 Å². The summed E-state index contributed by atoms with van der Waals surface area (Å²) in [6.07, 6.45) is 0.420. The summed E-state index contributed by atoms with van der Waals surface area (Å²) in [5.41, 5.74) is 0. The smallest absolute Gasteiger partial charge is 0.324 e. The molecule has 2 N–H and O–H groups in total. The maximum Gasteiger partial charge on any atom is 0.324 e. The van der Waals surface area contributed by atoms with Crippen LogP contribution in [0.15, 0.2) is 0 Å². The quantitative estimate of drug-likeness (QED) is 0.687. The number of hydrogen-bond donors (Lipinski definition) is 2. The Bertz CT molecular complexity index is 315. The lowest BCUT2D eigenvalue weighted by Crippen LogP contribution is -2.49. The molecule has 0 aromatic heterocycles. The number of aliphatic carboxylic acids is 2. The minimum absolute atomic E-state index is 0.0914. The lowest BCUT2D eigenvalue weighted by atomic mass is 9.94. The lowest BCUT2D eigenvalue weighted by molar-refractivity contribution is -0.216. The monoisotopic (exact) mass is 231 g/mol. The second-order valence-corrected chi connectivity index (χ2v) is 3.65. The number of piperidine rings is 1. The molecule has 0 aromatic carbocycles. The lowest BCUT2D eigenvalue weighted by Gasteiger charge is -2.33. The van der Waals surface area contributed by atoms with Gasteiger partial charge in [0.2, 0.25) is 0 Å². The fraction of sp³-hybridized carbons (Fsp3) is 0.667. The van der Waals surface area contributed by atoms with Crippen molar-refractivity contribution in [2.45, 2.75) is 25.8 Å². The Hall–Kier alpha value is -1.63. The molecular formula is C9H13NO6. The van der Waals surface area contributed by atoms with E-state index in [2.05, 4.69) is 0 Å². The Morgan fingerprint density at radius 2 is 1.81 bits per heavy atom. The van der Waals surface area contributed by atoms with Crippen LogP contribution in [0.2, 0.25) is 0 Å². The number of carboxylic acids is 2. The first-order valence-electron chi connectivity index (χ1n) is 4.82. The van der Waals surface area contributed by atoms with Crippen LogP contribution in [0.25, 0.3) is 0 Å². The molecule has 0 amide bonds. The highest BCUT2D eigenvalue weighted by Gasteiger charge is 2.37. The highest BCUT2D eigenvalue weighted by Crippen LogP contribution is 2.22. The second-order valence-electron chi connectivity index (χ2n) is 3.65. The number of carbonyl (C=O) groups excluding carboxylic acids is 1. The van der Waals surface area contributed by atoms with Gasteiger partial charge in [-0.25, -0.2) is 0 Å². The van der Waals surface area contributed by atoms with Crippen molar-refractivity contribution in [3.8, 4) is 0 Å². The third-order valence-corrected chi connectivity index (χ3v) is 2.42. The first-order valence-corrected chi connectivity index (χ1v) is 4.82. The van der Waals surface area contributed by atoms with Crippen molar-refractivity contribution in [3.05, 3.63) is 0 Å². The van der Waals surface area contributed by atoms with Crippen molar-refractivity contribution in [3.63, 3.8) is 0 Å². The van der Waals surface area contributed by atoms with Crippen molar-refractivity contribution >= 4 is 17.9 Å². The zero-order chi connectivity index (χ0) is 12.3. The van der Waals surface area contributed by atoms with Gasteiger partial charge in [-0.05, 0) is 12.8 Å². The molecule has 7 heteroatoms. The zero-order valence-corrected chi connectivity index (χ0v) is 8.75. The predicted octanol–water partition coefficient (Wildman–Crippen LogP) is -0.286. The summed E-state index contributed by atoms with van der Waals surface area (Å²) in [7, 11) is 0. The number of carbonyl (C=O) groups is 3. The highest BCUT2D eigenvalue weighted by molar-refractivity contribution is 5.75. The van der Waals surface area contributed by atoms with Crippen molar-refractivity contribution < 1.29 is 29.4 Å². The number of hydroxylamine groups is 2. The molecule has 90 valence electrons. The number of hydrogen-bond acceptors (Lipinski definition) is 5. The highest BCUT2D eigenvalue weighted by atomic mass is 16.7. The van der Waals surface area contributed by atoms with Gasteiger partial charge >= 0.3 is 17.9 Å². The topological polar surface area (TPSA) is 104 Å². The maximum atomic E-state index is 10.8. The Balaban J connectivity index is 2.72. The van der Waals surface area contributed by atoms with Gasteiger partial charge in [0.05, 0.1) is 5.92 Å². The molecule has 1 saturated heterocycles. The van der Waals surface area contributed by atoms with E-state index in [1.165, 1.54) is 0 Å². The van der Waals surface area contributed by atoms with Crippen LogP contribution in [0.5, 0.6) is 0 Å². The molecular weight excluding hydrogens is 218 g/mol. The molecule has 1 fully saturated rings. The minimum atomic E-state index is -1.12. The molecule has 1 aliphatic rings. The van der Waals surface area contributed by atoms with Crippen LogP contribution in [0.1, 0.15) is 19.8 Å². The summed E-state index contributed by atoms with van der Waals surface area (Å²) in [5, 5.41) is 18.6. The van der Waals surface area contributed by atoms with E-state index in [0.717, 1.165) is 12.0 Å². The molecule has 1 aliphatic heterocycles. The third kappa shape index (κ3) is 2.93. The van der Waals surface area contributed by atoms with Crippen LogP contribution < -0.4 is 0 Å². The Kier molecular flexibility index (Phi) is 3.83. The van der Waals surface area contributed by atoms with E-state index in [1.54, 1.807) is 0 Å². The average molecular weight is 231 g/mol. The van der Waals surface area contributed by atoms with E-state index in [1.807, 2.05) is 0 Å². The second kappa shape index (κ2) is 4.93. The molecule has 2 unspecified atom stereocenters. The fourth-order valence-electron chi connectivity index (χ4n) is 1.65. The SMILES string of the molecule is CC(=O)ON1CC(C(=O)O)CCC1C(=O)O. The molecule has 0 saturated carbocycles. The van der Waals surface area contributed by atoms with Crippen molar-refractivity contribution in [1.29, 1.82) is 0 Å². The van der Waals surface area contributed by atoms with Gasteiger partial charge in [-0.2, -0.15) is 0 Å². The standard InChI is InChI=1S/C9H13NO6/c1-5(11)16-10-4-6(8(12)13)2-3-7(10)9(14)15/h6-7H,2-4H2,1H3,(H,12,13)(H,14,15). The van der Waals surface area contributed by atoms with Gasteiger partial charge in [-0.1, -0.05) is 0 Å². The molecule has 0 bridgehead atoms. The van der Waals surface area contributed by atoms with Crippen LogP contribution in [-0.4, -0.2) is 45.8 Å². The number of rotatable bonds is 3. The largest absolute Gasteiger partial charge is 0.481 e. The first kappa shape index (κ1) is 12.4. The van der Waals surface area contributed by atoms with E-state index in [0.29, 0.717) is 0 Å². The van der Waals surface area contributed by atoms with Crippen LogP contribution in [0.4, 0.5) is 0 Å². The molecule has 0 aromatic rings. The number of nitrogens with zero attached hydrogens (tertiary/aromatic N) is 1. The van der Waals surface area contributed by atoms with E-state index in [4.69, 9.17) is 15.1 Å². The summed E-state index contributed by atoms with van der Waals surface area (Å²) in [5.74, 6) is -3.49. The van der Waals surface area contributed by atoms with Crippen LogP contribution >= 0.6 is 0 Å².